The first-order chi connectivity index (χ1) is 11.8. The van der Waals surface area contributed by atoms with E-state index in [2.05, 4.69) is 27.2 Å². The second-order valence-electron chi connectivity index (χ2n) is 6.73. The molecule has 0 spiro atoms. The van der Waals surface area contributed by atoms with Crippen LogP contribution in [0.2, 0.25) is 0 Å². The molecule has 1 saturated carbocycles. The van der Waals surface area contributed by atoms with E-state index in [0.717, 1.165) is 36.7 Å². The van der Waals surface area contributed by atoms with Crippen LogP contribution >= 0.6 is 0 Å². The Bertz CT molecular complexity index is 666. The van der Waals surface area contributed by atoms with Crippen molar-refractivity contribution in [2.45, 2.75) is 44.4 Å². The van der Waals surface area contributed by atoms with E-state index in [4.69, 9.17) is 9.47 Å². The molecule has 1 aromatic carbocycles. The number of H-pyrrole nitrogens is 1. The Kier molecular flexibility index (Phi) is 4.54. The smallest absolute Gasteiger partial charge is 0.118 e. The van der Waals surface area contributed by atoms with Gasteiger partial charge >= 0.3 is 0 Å². The van der Waals surface area contributed by atoms with Crippen LogP contribution in [-0.4, -0.2) is 47.5 Å². The van der Waals surface area contributed by atoms with Crippen LogP contribution in [0.1, 0.15) is 31.2 Å². The van der Waals surface area contributed by atoms with Crippen LogP contribution in [0.3, 0.4) is 0 Å². The van der Waals surface area contributed by atoms with Gasteiger partial charge in [-0.2, -0.15) is 5.10 Å². The molecular formula is C19H25N3O2. The van der Waals surface area contributed by atoms with E-state index in [1.165, 1.54) is 31.2 Å². The highest BCUT2D eigenvalue weighted by Gasteiger charge is 2.34. The number of ether oxygens (including phenoxy) is 2. The van der Waals surface area contributed by atoms with Crippen LogP contribution in [0.4, 0.5) is 0 Å². The molecule has 1 aliphatic heterocycles. The third-order valence-corrected chi connectivity index (χ3v) is 5.32. The molecule has 5 nitrogen and oxygen atoms in total. The van der Waals surface area contributed by atoms with E-state index in [9.17, 15) is 0 Å². The summed E-state index contributed by atoms with van der Waals surface area (Å²) in [5.74, 6) is 0.873. The number of hydrogen-bond acceptors (Lipinski definition) is 4. The van der Waals surface area contributed by atoms with E-state index in [1.807, 2.05) is 18.3 Å². The van der Waals surface area contributed by atoms with Crippen LogP contribution in [-0.2, 0) is 11.3 Å². The Morgan fingerprint density at radius 3 is 2.92 bits per heavy atom. The van der Waals surface area contributed by atoms with E-state index >= 15 is 0 Å². The Morgan fingerprint density at radius 2 is 2.08 bits per heavy atom. The summed E-state index contributed by atoms with van der Waals surface area (Å²) in [5.41, 5.74) is 3.51. The Morgan fingerprint density at radius 1 is 1.25 bits per heavy atom. The van der Waals surface area contributed by atoms with Gasteiger partial charge in [0.05, 0.1) is 31.7 Å². The van der Waals surface area contributed by atoms with Gasteiger partial charge in [-0.25, -0.2) is 0 Å². The molecule has 0 amide bonds. The Balaban J connectivity index is 1.53. The lowest BCUT2D eigenvalue weighted by molar-refractivity contribution is -0.0910. The molecule has 0 bridgehead atoms. The largest absolute Gasteiger partial charge is 0.497 e. The number of aromatic nitrogens is 2. The fraction of sp³-hybridized carbons (Fsp3) is 0.526. The van der Waals surface area contributed by atoms with Gasteiger partial charge in [0.2, 0.25) is 0 Å². The third-order valence-electron chi connectivity index (χ3n) is 5.32. The summed E-state index contributed by atoms with van der Waals surface area (Å²) >= 11 is 0. The van der Waals surface area contributed by atoms with Crippen LogP contribution in [0.5, 0.6) is 5.75 Å². The maximum atomic E-state index is 5.99. The number of aromatic amines is 1. The lowest BCUT2D eigenvalue weighted by Crippen LogP contribution is -2.52. The van der Waals surface area contributed by atoms with Gasteiger partial charge in [-0.3, -0.25) is 10.00 Å². The second kappa shape index (κ2) is 6.95. The quantitative estimate of drug-likeness (QED) is 0.937. The summed E-state index contributed by atoms with van der Waals surface area (Å²) in [6.45, 7) is 2.79. The van der Waals surface area contributed by atoms with Crippen molar-refractivity contribution in [1.29, 1.82) is 0 Å². The van der Waals surface area contributed by atoms with Crippen LogP contribution < -0.4 is 4.74 Å². The van der Waals surface area contributed by atoms with Gasteiger partial charge in [0.1, 0.15) is 5.75 Å². The number of methoxy groups -OCH3 is 1. The predicted octanol–water partition coefficient (Wildman–Crippen LogP) is 3.23. The first kappa shape index (κ1) is 15.7. The molecule has 2 aromatic rings. The van der Waals surface area contributed by atoms with E-state index < -0.39 is 0 Å². The molecule has 2 heterocycles. The molecule has 5 heteroatoms. The molecule has 0 radical (unpaired) electrons. The normalized spacial score (nSPS) is 24.5. The highest BCUT2D eigenvalue weighted by atomic mass is 16.5. The fourth-order valence-electron chi connectivity index (χ4n) is 4.03. The predicted molar refractivity (Wildman–Crippen MR) is 93.0 cm³/mol. The van der Waals surface area contributed by atoms with Gasteiger partial charge in [-0.1, -0.05) is 12.8 Å². The summed E-state index contributed by atoms with van der Waals surface area (Å²) in [6.07, 6.45) is 7.46. The zero-order valence-electron chi connectivity index (χ0n) is 14.2. The molecule has 24 heavy (non-hydrogen) atoms. The van der Waals surface area contributed by atoms with Crippen LogP contribution in [0, 0.1) is 0 Å². The number of hydrogen-bond donors (Lipinski definition) is 1. The topological polar surface area (TPSA) is 50.4 Å². The number of fused-ring (bicyclic) bond motifs is 1. The first-order valence-electron chi connectivity index (χ1n) is 8.87. The van der Waals surface area contributed by atoms with Crippen molar-refractivity contribution in [3.05, 3.63) is 36.0 Å². The Labute approximate surface area is 143 Å². The standard InChI is InChI=1S/C19H25N3O2/c1-23-16-8-6-14(7-9-16)19-15(12-20-21-19)13-22-10-11-24-18-5-3-2-4-17(18)22/h6-9,12,17-18H,2-5,10-11,13H2,1H3,(H,20,21)/t17-,18-/m1/s1. The second-order valence-corrected chi connectivity index (χ2v) is 6.73. The molecule has 1 saturated heterocycles. The zero-order chi connectivity index (χ0) is 16.4. The van der Waals surface area contributed by atoms with Crippen molar-refractivity contribution < 1.29 is 9.47 Å². The van der Waals surface area contributed by atoms with Gasteiger partial charge in [0.15, 0.2) is 0 Å². The monoisotopic (exact) mass is 327 g/mol. The number of rotatable bonds is 4. The molecule has 1 aliphatic carbocycles. The number of nitrogens with zero attached hydrogens (tertiary/aromatic N) is 2. The molecule has 4 rings (SSSR count). The van der Waals surface area contributed by atoms with Crippen molar-refractivity contribution in [2.24, 2.45) is 0 Å². The van der Waals surface area contributed by atoms with Crippen molar-refractivity contribution in [2.75, 3.05) is 20.3 Å². The van der Waals surface area contributed by atoms with E-state index in [1.54, 1.807) is 7.11 Å². The summed E-state index contributed by atoms with van der Waals surface area (Å²) in [5, 5.41) is 7.47. The SMILES string of the molecule is COc1ccc(-c2[nH]ncc2CN2CCO[C@@H]3CCCC[C@H]32)cc1. The van der Waals surface area contributed by atoms with Crippen molar-refractivity contribution >= 4 is 0 Å². The first-order valence-corrected chi connectivity index (χ1v) is 8.87. The van der Waals surface area contributed by atoms with Gasteiger partial charge in [0.25, 0.3) is 0 Å². The summed E-state index contributed by atoms with van der Waals surface area (Å²) < 4.78 is 11.2. The minimum absolute atomic E-state index is 0.420. The third kappa shape index (κ3) is 3.06. The molecule has 2 fully saturated rings. The summed E-state index contributed by atoms with van der Waals surface area (Å²) in [6, 6.07) is 8.71. The minimum Gasteiger partial charge on any atom is -0.497 e. The molecule has 128 valence electrons. The van der Waals surface area contributed by atoms with Crippen LogP contribution in [0.25, 0.3) is 11.3 Å². The highest BCUT2D eigenvalue weighted by molar-refractivity contribution is 5.63. The van der Waals surface area contributed by atoms with Crippen molar-refractivity contribution in [3.8, 4) is 17.0 Å². The molecule has 2 aliphatic rings. The number of benzene rings is 1. The average molecular weight is 327 g/mol. The molecule has 1 N–H and O–H groups in total. The zero-order valence-corrected chi connectivity index (χ0v) is 14.2. The lowest BCUT2D eigenvalue weighted by Gasteiger charge is -2.43. The minimum atomic E-state index is 0.420. The van der Waals surface area contributed by atoms with Gasteiger partial charge in [-0.05, 0) is 37.1 Å². The lowest BCUT2D eigenvalue weighted by atomic mass is 9.90. The van der Waals surface area contributed by atoms with Gasteiger partial charge in [0, 0.05) is 30.3 Å². The maximum Gasteiger partial charge on any atom is 0.118 e. The molecular weight excluding hydrogens is 302 g/mol. The summed E-state index contributed by atoms with van der Waals surface area (Å²) in [7, 11) is 1.69. The van der Waals surface area contributed by atoms with Crippen molar-refractivity contribution in [1.82, 2.24) is 15.1 Å². The van der Waals surface area contributed by atoms with Crippen LogP contribution in [0.15, 0.2) is 30.5 Å². The summed E-state index contributed by atoms with van der Waals surface area (Å²) in [4.78, 5) is 2.59. The maximum absolute atomic E-state index is 5.99. The Hall–Kier alpha value is -1.85. The average Bonchev–Trinajstić information content (AvgIpc) is 3.10. The number of morpholine rings is 1. The number of nitrogens with one attached hydrogen (secondary N) is 1. The molecule has 0 unspecified atom stereocenters. The van der Waals surface area contributed by atoms with E-state index in [0.29, 0.717) is 12.1 Å². The van der Waals surface area contributed by atoms with Crippen molar-refractivity contribution in [3.63, 3.8) is 0 Å². The van der Waals surface area contributed by atoms with Gasteiger partial charge in [-0.15, -0.1) is 0 Å². The molecule has 2 atom stereocenters. The molecule has 1 aromatic heterocycles. The van der Waals surface area contributed by atoms with E-state index in [-0.39, 0.29) is 0 Å². The highest BCUT2D eigenvalue weighted by Crippen LogP contribution is 2.31. The fourth-order valence-corrected chi connectivity index (χ4v) is 4.03. The van der Waals surface area contributed by atoms with Gasteiger partial charge < -0.3 is 9.47 Å².